The van der Waals surface area contributed by atoms with Gasteiger partial charge in [-0.1, -0.05) is 22.8 Å². The maximum Gasteiger partial charge on any atom is 0.322 e. The number of carbonyl (C=O) groups excluding carboxylic acids is 1. The van der Waals surface area contributed by atoms with E-state index in [0.717, 1.165) is 29.3 Å². The Morgan fingerprint density at radius 1 is 1.00 bits per heavy atom. The molecule has 11 nitrogen and oxygen atoms in total. The zero-order valence-corrected chi connectivity index (χ0v) is 14.7. The summed E-state index contributed by atoms with van der Waals surface area (Å²) in [5.41, 5.74) is 1.19. The van der Waals surface area contributed by atoms with Gasteiger partial charge in [-0.05, 0) is 25.5 Å². The molecule has 28 heavy (non-hydrogen) atoms. The number of hydrogen-bond donors (Lipinski definition) is 1. The van der Waals surface area contributed by atoms with Gasteiger partial charge in [0.15, 0.2) is 0 Å². The summed E-state index contributed by atoms with van der Waals surface area (Å²) in [6.07, 6.45) is 0. The highest BCUT2D eigenvalue weighted by Gasteiger charge is 2.21. The van der Waals surface area contributed by atoms with E-state index in [0.29, 0.717) is 5.56 Å². The van der Waals surface area contributed by atoms with Crippen LogP contribution in [-0.4, -0.2) is 26.0 Å². The number of nitro benzene ring substituents is 2. The second-order valence-corrected chi connectivity index (χ2v) is 5.94. The molecule has 1 N–H and O–H groups in total. The molecule has 0 aliphatic rings. The van der Waals surface area contributed by atoms with Gasteiger partial charge in [-0.3, -0.25) is 30.3 Å². The van der Waals surface area contributed by atoms with Crippen LogP contribution >= 0.6 is 0 Å². The predicted octanol–water partition coefficient (Wildman–Crippen LogP) is 3.42. The molecule has 0 aliphatic carbocycles. The number of aromatic nitrogens is 2. The molecule has 2 aromatic carbocycles. The fourth-order valence-electron chi connectivity index (χ4n) is 2.54. The minimum atomic E-state index is -0.859. The van der Waals surface area contributed by atoms with Crippen molar-refractivity contribution in [1.29, 1.82) is 0 Å². The molecule has 0 bridgehead atoms. The maximum absolute atomic E-state index is 12.3. The number of carbonyl (C=O) groups is 1. The monoisotopic (exact) mass is 383 g/mol. The molecule has 1 heterocycles. The highest BCUT2D eigenvalue weighted by atomic mass is 16.6. The molecule has 0 radical (unpaired) electrons. The van der Waals surface area contributed by atoms with Crippen molar-refractivity contribution in [3.63, 3.8) is 0 Å². The molecule has 1 aromatic heterocycles. The van der Waals surface area contributed by atoms with E-state index in [1.807, 2.05) is 26.0 Å². The number of benzene rings is 2. The Kier molecular flexibility index (Phi) is 4.81. The van der Waals surface area contributed by atoms with E-state index in [9.17, 15) is 25.0 Å². The van der Waals surface area contributed by atoms with E-state index in [4.69, 9.17) is 4.42 Å². The van der Waals surface area contributed by atoms with Crippen LogP contribution in [0.15, 0.2) is 40.8 Å². The van der Waals surface area contributed by atoms with E-state index in [1.165, 1.54) is 0 Å². The number of nitro groups is 2. The van der Waals surface area contributed by atoms with Crippen LogP contribution in [0.2, 0.25) is 0 Å². The Morgan fingerprint density at radius 2 is 1.64 bits per heavy atom. The first-order valence-corrected chi connectivity index (χ1v) is 7.91. The number of amides is 1. The van der Waals surface area contributed by atoms with Gasteiger partial charge in [0.1, 0.15) is 0 Å². The second kappa shape index (κ2) is 7.23. The van der Waals surface area contributed by atoms with Gasteiger partial charge in [0, 0.05) is 17.7 Å². The molecule has 0 saturated carbocycles. The van der Waals surface area contributed by atoms with Crippen molar-refractivity contribution in [2.45, 2.75) is 13.8 Å². The number of anilines is 1. The number of aryl methyl sites for hydroxylation is 2. The molecule has 0 unspecified atom stereocenters. The topological polar surface area (TPSA) is 154 Å². The molecule has 3 rings (SSSR count). The van der Waals surface area contributed by atoms with Crippen molar-refractivity contribution in [3.8, 4) is 11.5 Å². The van der Waals surface area contributed by atoms with Crippen LogP contribution in [0.4, 0.5) is 17.4 Å². The Bertz CT molecular complexity index is 1070. The van der Waals surface area contributed by atoms with Crippen LogP contribution in [0.5, 0.6) is 0 Å². The molecule has 0 saturated heterocycles. The van der Waals surface area contributed by atoms with Gasteiger partial charge < -0.3 is 4.42 Å². The van der Waals surface area contributed by atoms with Crippen LogP contribution in [0, 0.1) is 34.1 Å². The minimum absolute atomic E-state index is 0.179. The van der Waals surface area contributed by atoms with Crippen molar-refractivity contribution >= 4 is 23.3 Å². The molecular weight excluding hydrogens is 370 g/mol. The van der Waals surface area contributed by atoms with Gasteiger partial charge in [0.2, 0.25) is 5.89 Å². The van der Waals surface area contributed by atoms with Crippen LogP contribution < -0.4 is 5.32 Å². The quantitative estimate of drug-likeness (QED) is 0.519. The third kappa shape index (κ3) is 3.82. The van der Waals surface area contributed by atoms with Gasteiger partial charge in [0.25, 0.3) is 17.3 Å². The molecule has 1 amide bonds. The maximum atomic E-state index is 12.3. The van der Waals surface area contributed by atoms with Crippen molar-refractivity contribution < 1.29 is 19.1 Å². The van der Waals surface area contributed by atoms with E-state index in [2.05, 4.69) is 15.5 Å². The lowest BCUT2D eigenvalue weighted by molar-refractivity contribution is -0.394. The van der Waals surface area contributed by atoms with Crippen LogP contribution in [-0.2, 0) is 0 Å². The number of non-ortho nitro benzene ring substituents is 2. The van der Waals surface area contributed by atoms with Gasteiger partial charge in [-0.25, -0.2) is 0 Å². The van der Waals surface area contributed by atoms with Crippen LogP contribution in [0.3, 0.4) is 0 Å². The molecule has 0 atom stereocenters. The average molecular weight is 383 g/mol. The first kappa shape index (κ1) is 18.6. The summed E-state index contributed by atoms with van der Waals surface area (Å²) in [7, 11) is 0. The fraction of sp³-hybridized carbons (Fsp3) is 0.118. The Morgan fingerprint density at radius 3 is 2.21 bits per heavy atom. The first-order valence-electron chi connectivity index (χ1n) is 7.91. The highest BCUT2D eigenvalue weighted by molar-refractivity contribution is 6.04. The van der Waals surface area contributed by atoms with E-state index >= 15 is 0 Å². The lowest BCUT2D eigenvalue weighted by Crippen LogP contribution is -2.13. The van der Waals surface area contributed by atoms with Gasteiger partial charge in [0.05, 0.1) is 21.5 Å². The van der Waals surface area contributed by atoms with Gasteiger partial charge in [-0.2, -0.15) is 0 Å². The van der Waals surface area contributed by atoms with E-state index in [1.54, 1.807) is 6.07 Å². The minimum Gasteiger partial charge on any atom is -0.403 e. The smallest absolute Gasteiger partial charge is 0.322 e. The molecule has 0 spiro atoms. The average Bonchev–Trinajstić information content (AvgIpc) is 3.09. The fourth-order valence-corrected chi connectivity index (χ4v) is 2.54. The van der Waals surface area contributed by atoms with Crippen molar-refractivity contribution in [2.24, 2.45) is 0 Å². The van der Waals surface area contributed by atoms with Gasteiger partial charge in [-0.15, -0.1) is 5.10 Å². The van der Waals surface area contributed by atoms with Crippen LogP contribution in [0.25, 0.3) is 11.5 Å². The Labute approximate surface area is 157 Å². The van der Waals surface area contributed by atoms with Crippen molar-refractivity contribution in [1.82, 2.24) is 10.2 Å². The summed E-state index contributed by atoms with van der Waals surface area (Å²) in [6.45, 7) is 3.81. The zero-order chi connectivity index (χ0) is 20.4. The third-order valence-electron chi connectivity index (χ3n) is 3.84. The molecular formula is C17H13N5O6. The molecule has 0 fully saturated rings. The van der Waals surface area contributed by atoms with Gasteiger partial charge >= 0.3 is 6.01 Å². The number of rotatable bonds is 5. The second-order valence-electron chi connectivity index (χ2n) is 5.94. The lowest BCUT2D eigenvalue weighted by atomic mass is 10.1. The largest absolute Gasteiger partial charge is 0.403 e. The molecule has 0 aliphatic heterocycles. The standard InChI is InChI=1S/C17H13N5O6/c1-9-3-4-14(10(2)5-9)16-19-20-17(28-16)18-15(23)11-6-12(21(24)25)8-13(7-11)22(26)27/h3-8H,1-2H3,(H,18,20,23). The summed E-state index contributed by atoms with van der Waals surface area (Å²) >= 11 is 0. The lowest BCUT2D eigenvalue weighted by Gasteiger charge is -2.02. The predicted molar refractivity (Wildman–Crippen MR) is 96.9 cm³/mol. The zero-order valence-electron chi connectivity index (χ0n) is 14.7. The summed E-state index contributed by atoms with van der Waals surface area (Å²) < 4.78 is 5.42. The van der Waals surface area contributed by atoms with E-state index < -0.39 is 27.1 Å². The summed E-state index contributed by atoms with van der Waals surface area (Å²) in [5, 5.41) is 31.7. The van der Waals surface area contributed by atoms with Crippen LogP contribution in [0.1, 0.15) is 21.5 Å². The third-order valence-corrected chi connectivity index (χ3v) is 3.84. The SMILES string of the molecule is Cc1ccc(-c2nnc(NC(=O)c3cc([N+](=O)[O-])cc([N+](=O)[O-])c3)o2)c(C)c1. The van der Waals surface area contributed by atoms with Crippen molar-refractivity contribution in [2.75, 3.05) is 5.32 Å². The Balaban J connectivity index is 1.87. The summed E-state index contributed by atoms with van der Waals surface area (Å²) in [6, 6.07) is 7.96. The summed E-state index contributed by atoms with van der Waals surface area (Å²) in [5.74, 6) is -0.680. The first-order chi connectivity index (χ1) is 13.2. The number of nitrogens with one attached hydrogen (secondary N) is 1. The van der Waals surface area contributed by atoms with E-state index in [-0.39, 0.29) is 17.5 Å². The summed E-state index contributed by atoms with van der Waals surface area (Å²) in [4.78, 5) is 32.6. The highest BCUT2D eigenvalue weighted by Crippen LogP contribution is 2.26. The van der Waals surface area contributed by atoms with Crippen molar-refractivity contribution in [3.05, 3.63) is 73.3 Å². The Hall–Kier alpha value is -4.15. The molecule has 3 aromatic rings. The number of hydrogen-bond acceptors (Lipinski definition) is 8. The molecule has 11 heteroatoms. The molecule has 142 valence electrons. The normalized spacial score (nSPS) is 10.5. The number of nitrogens with zero attached hydrogens (tertiary/aromatic N) is 4.